The number of nitrogens with zero attached hydrogens (tertiary/aromatic N) is 3. The molecule has 7 nitrogen and oxygen atoms in total. The number of hydrogen-bond acceptors (Lipinski definition) is 6. The van der Waals surface area contributed by atoms with Gasteiger partial charge in [0.05, 0.1) is 19.2 Å². The second-order valence-corrected chi connectivity index (χ2v) is 12.2. The number of benzene rings is 2. The first-order chi connectivity index (χ1) is 20.3. The average molecular weight is 574 g/mol. The molecule has 1 saturated heterocycles. The zero-order chi connectivity index (χ0) is 29.4. The van der Waals surface area contributed by atoms with Gasteiger partial charge in [-0.05, 0) is 78.5 Å². The molecule has 3 aliphatic rings. The molecule has 1 saturated carbocycles. The van der Waals surface area contributed by atoms with Gasteiger partial charge in [-0.2, -0.15) is 0 Å². The highest BCUT2D eigenvalue weighted by Crippen LogP contribution is 2.48. The van der Waals surface area contributed by atoms with Crippen LogP contribution in [0.4, 0.5) is 4.39 Å². The molecule has 8 heteroatoms. The molecule has 42 heavy (non-hydrogen) atoms. The van der Waals surface area contributed by atoms with Gasteiger partial charge in [0.15, 0.2) is 0 Å². The Balaban J connectivity index is 1.31. The molecule has 0 bridgehead atoms. The Morgan fingerprint density at radius 3 is 2.60 bits per heavy atom. The number of methoxy groups -OCH3 is 1. The number of pyridine rings is 1. The average Bonchev–Trinajstić information content (AvgIpc) is 3.83. The van der Waals surface area contributed by atoms with Crippen LogP contribution >= 0.6 is 0 Å². The van der Waals surface area contributed by atoms with Crippen LogP contribution in [0.1, 0.15) is 60.5 Å². The number of aryl methyl sites for hydroxylation is 1. The van der Waals surface area contributed by atoms with E-state index in [0.29, 0.717) is 23.9 Å². The van der Waals surface area contributed by atoms with Gasteiger partial charge in [-0.3, -0.25) is 9.69 Å². The summed E-state index contributed by atoms with van der Waals surface area (Å²) in [6.07, 6.45) is 4.97. The highest BCUT2D eigenvalue weighted by molar-refractivity contribution is 5.71. The van der Waals surface area contributed by atoms with Gasteiger partial charge in [-0.25, -0.2) is 9.37 Å². The van der Waals surface area contributed by atoms with Crippen LogP contribution in [0.15, 0.2) is 48.7 Å². The summed E-state index contributed by atoms with van der Waals surface area (Å²) in [7, 11) is 3.68. The lowest BCUT2D eigenvalue weighted by Crippen LogP contribution is -2.43. The minimum Gasteiger partial charge on any atom is -0.485 e. The van der Waals surface area contributed by atoms with Crippen LogP contribution in [0.2, 0.25) is 0 Å². The normalized spacial score (nSPS) is 20.8. The molecule has 0 radical (unpaired) electrons. The SMILES string of the molecule is COc1cc(-c2ccc(C3CCc4ccc(C(C5CC5)[C@H](C)C(=O)O)cc4O3)cc2CN2CCN(C)CC2)c(F)cn1. The summed E-state index contributed by atoms with van der Waals surface area (Å²) in [6, 6.07) is 14.2. The predicted octanol–water partition coefficient (Wildman–Crippen LogP) is 5.92. The van der Waals surface area contributed by atoms with E-state index in [1.807, 2.05) is 19.1 Å². The third kappa shape index (κ3) is 6.01. The number of ether oxygens (including phenoxy) is 2. The number of rotatable bonds is 9. The first-order valence-electron chi connectivity index (χ1n) is 15.1. The second-order valence-electron chi connectivity index (χ2n) is 12.2. The molecule has 2 aromatic carbocycles. The molecule has 0 amide bonds. The van der Waals surface area contributed by atoms with E-state index in [1.54, 1.807) is 6.07 Å². The fraction of sp³-hybridized carbons (Fsp3) is 0.471. The van der Waals surface area contributed by atoms with Crippen LogP contribution in [0.25, 0.3) is 11.1 Å². The van der Waals surface area contributed by atoms with Crippen molar-refractivity contribution in [3.05, 3.63) is 76.7 Å². The van der Waals surface area contributed by atoms with Gasteiger partial charge >= 0.3 is 5.97 Å². The fourth-order valence-corrected chi connectivity index (χ4v) is 6.60. The lowest BCUT2D eigenvalue weighted by molar-refractivity contribution is -0.142. The van der Waals surface area contributed by atoms with Crippen LogP contribution < -0.4 is 9.47 Å². The Morgan fingerprint density at radius 2 is 1.88 bits per heavy atom. The summed E-state index contributed by atoms with van der Waals surface area (Å²) in [5, 5.41) is 9.76. The summed E-state index contributed by atoms with van der Waals surface area (Å²) in [5.74, 6) is 0.0853. The number of carboxylic acid groups (broad SMARTS) is 1. The van der Waals surface area contributed by atoms with E-state index < -0.39 is 11.9 Å². The highest BCUT2D eigenvalue weighted by atomic mass is 19.1. The Bertz CT molecular complexity index is 1450. The van der Waals surface area contributed by atoms with Gasteiger partial charge in [-0.15, -0.1) is 0 Å². The second kappa shape index (κ2) is 12.0. The van der Waals surface area contributed by atoms with Crippen molar-refractivity contribution in [3.63, 3.8) is 0 Å². The maximum Gasteiger partial charge on any atom is 0.306 e. The number of piperazine rings is 1. The van der Waals surface area contributed by atoms with E-state index in [1.165, 1.54) is 13.3 Å². The molecule has 3 aromatic rings. The molecule has 1 aliphatic carbocycles. The van der Waals surface area contributed by atoms with Crippen molar-refractivity contribution < 1.29 is 23.8 Å². The van der Waals surface area contributed by atoms with Gasteiger partial charge in [0.2, 0.25) is 5.88 Å². The number of aliphatic carboxylic acids is 1. The third-order valence-electron chi connectivity index (χ3n) is 9.30. The predicted molar refractivity (Wildman–Crippen MR) is 159 cm³/mol. The molecule has 6 rings (SSSR count). The standard InChI is InChI=1S/C34H40FN3O4/c1-21(34(39)40)33(23-5-6-23)25-7-4-22-9-11-30(42-31(22)17-25)24-8-10-27(28-18-32(41-3)36-19-29(28)35)26(16-24)20-38-14-12-37(2)13-15-38/h4,7-8,10,16-19,21,23,30,33H,5-6,9,11-15,20H2,1-3H3,(H,39,40)/t21-,30?,33?/m0/s1. The van der Waals surface area contributed by atoms with E-state index >= 15 is 4.39 Å². The van der Waals surface area contributed by atoms with Gasteiger partial charge < -0.3 is 19.5 Å². The Hall–Kier alpha value is -3.49. The third-order valence-corrected chi connectivity index (χ3v) is 9.30. The van der Waals surface area contributed by atoms with Crippen molar-refractivity contribution in [1.29, 1.82) is 0 Å². The summed E-state index contributed by atoms with van der Waals surface area (Å²) in [6.45, 7) is 6.44. The van der Waals surface area contributed by atoms with Crippen molar-refractivity contribution in [1.82, 2.24) is 14.8 Å². The van der Waals surface area contributed by atoms with Crippen molar-refractivity contribution in [2.75, 3.05) is 40.3 Å². The molecular weight excluding hydrogens is 533 g/mol. The number of likely N-dealkylation sites (N-methyl/N-ethyl adjacent to an activating group) is 1. The topological polar surface area (TPSA) is 75.1 Å². The van der Waals surface area contributed by atoms with Crippen molar-refractivity contribution >= 4 is 5.97 Å². The number of halogens is 1. The number of carbonyl (C=O) groups is 1. The van der Waals surface area contributed by atoms with E-state index in [4.69, 9.17) is 9.47 Å². The fourth-order valence-electron chi connectivity index (χ4n) is 6.60. The first-order valence-corrected chi connectivity index (χ1v) is 15.1. The largest absolute Gasteiger partial charge is 0.485 e. The molecule has 0 spiro atoms. The number of carboxylic acids is 1. The summed E-state index contributed by atoms with van der Waals surface area (Å²) < 4.78 is 27.0. The summed E-state index contributed by atoms with van der Waals surface area (Å²) >= 11 is 0. The van der Waals surface area contributed by atoms with Crippen LogP contribution in [0, 0.1) is 17.7 Å². The molecule has 3 atom stereocenters. The maximum absolute atomic E-state index is 15.1. The number of fused-ring (bicyclic) bond motifs is 1. The molecule has 222 valence electrons. The van der Waals surface area contributed by atoms with E-state index in [9.17, 15) is 9.90 Å². The monoisotopic (exact) mass is 573 g/mol. The minimum absolute atomic E-state index is 0.00139. The quantitative estimate of drug-likeness (QED) is 0.340. The van der Waals surface area contributed by atoms with E-state index in [0.717, 1.165) is 85.4 Å². The van der Waals surface area contributed by atoms with Crippen molar-refractivity contribution in [2.24, 2.45) is 11.8 Å². The smallest absolute Gasteiger partial charge is 0.306 e. The van der Waals surface area contributed by atoms with Gasteiger partial charge in [0, 0.05) is 44.4 Å². The molecule has 3 heterocycles. The van der Waals surface area contributed by atoms with Crippen LogP contribution in [-0.4, -0.2) is 66.2 Å². The van der Waals surface area contributed by atoms with Crippen LogP contribution in [0.5, 0.6) is 11.6 Å². The lowest BCUT2D eigenvalue weighted by Gasteiger charge is -2.33. The molecule has 1 aromatic heterocycles. The maximum atomic E-state index is 15.1. The molecular formula is C34H40FN3O4. The van der Waals surface area contributed by atoms with E-state index in [-0.39, 0.29) is 17.8 Å². The molecule has 2 fully saturated rings. The Labute approximate surface area is 247 Å². The highest BCUT2D eigenvalue weighted by Gasteiger charge is 2.39. The van der Waals surface area contributed by atoms with Crippen molar-refractivity contribution in [2.45, 2.75) is 51.2 Å². The number of aromatic nitrogens is 1. The van der Waals surface area contributed by atoms with Gasteiger partial charge in [-0.1, -0.05) is 37.3 Å². The zero-order valence-electron chi connectivity index (χ0n) is 24.7. The minimum atomic E-state index is -0.750. The van der Waals surface area contributed by atoms with Crippen molar-refractivity contribution in [3.8, 4) is 22.8 Å². The van der Waals surface area contributed by atoms with Gasteiger partial charge in [0.1, 0.15) is 17.7 Å². The number of hydrogen-bond donors (Lipinski definition) is 1. The summed E-state index contributed by atoms with van der Waals surface area (Å²) in [5.41, 5.74) is 5.65. The Morgan fingerprint density at radius 1 is 1.10 bits per heavy atom. The first kappa shape index (κ1) is 28.6. The summed E-state index contributed by atoms with van der Waals surface area (Å²) in [4.78, 5) is 20.7. The Kier molecular flexibility index (Phi) is 8.19. The molecule has 2 aliphatic heterocycles. The van der Waals surface area contributed by atoms with Crippen LogP contribution in [-0.2, 0) is 17.8 Å². The van der Waals surface area contributed by atoms with E-state index in [2.05, 4.69) is 46.1 Å². The van der Waals surface area contributed by atoms with Crippen LogP contribution in [0.3, 0.4) is 0 Å². The molecule has 2 unspecified atom stereocenters. The zero-order valence-corrected chi connectivity index (χ0v) is 24.7. The lowest BCUT2D eigenvalue weighted by atomic mass is 9.82. The van der Waals surface area contributed by atoms with Gasteiger partial charge in [0.25, 0.3) is 0 Å². The molecule has 1 N–H and O–H groups in total.